The number of nitrogens with zero attached hydrogens (tertiary/aromatic N) is 2. The van der Waals surface area contributed by atoms with Gasteiger partial charge in [-0.2, -0.15) is 0 Å². The molecule has 0 spiro atoms. The van der Waals surface area contributed by atoms with Gasteiger partial charge in [0, 0.05) is 23.1 Å². The fraction of sp³-hybridized carbons (Fsp3) is 0.214. The van der Waals surface area contributed by atoms with E-state index in [1.807, 2.05) is 43.5 Å². The SMILES string of the molecule is CSc1ccc(-c2cc(C)nc(C(C)=O)n2)cc1. The molecule has 0 fully saturated rings. The normalized spacial score (nSPS) is 10.4. The van der Waals surface area contributed by atoms with E-state index in [0.29, 0.717) is 0 Å². The Labute approximate surface area is 111 Å². The Morgan fingerprint density at radius 1 is 1.17 bits per heavy atom. The van der Waals surface area contributed by atoms with Crippen LogP contribution in [0.3, 0.4) is 0 Å². The molecule has 0 aliphatic rings. The number of hydrogen-bond donors (Lipinski definition) is 0. The highest BCUT2D eigenvalue weighted by atomic mass is 32.2. The van der Waals surface area contributed by atoms with Crippen LogP contribution in [-0.2, 0) is 0 Å². The molecule has 0 N–H and O–H groups in total. The van der Waals surface area contributed by atoms with Gasteiger partial charge < -0.3 is 0 Å². The van der Waals surface area contributed by atoms with Crippen LogP contribution >= 0.6 is 11.8 Å². The van der Waals surface area contributed by atoms with Crippen LogP contribution in [0.4, 0.5) is 0 Å². The maximum atomic E-state index is 11.4. The Bertz CT molecular complexity index is 579. The molecule has 18 heavy (non-hydrogen) atoms. The molecule has 1 aromatic carbocycles. The molecule has 0 bridgehead atoms. The van der Waals surface area contributed by atoms with Crippen LogP contribution in [0, 0.1) is 6.92 Å². The minimum Gasteiger partial charge on any atom is -0.291 e. The first kappa shape index (κ1) is 12.8. The van der Waals surface area contributed by atoms with Crippen molar-refractivity contribution in [3.05, 3.63) is 41.9 Å². The molecule has 0 unspecified atom stereocenters. The molecular formula is C14H14N2OS. The van der Waals surface area contributed by atoms with Crippen molar-refractivity contribution in [2.24, 2.45) is 0 Å². The standard InChI is InChI=1S/C14H14N2OS/c1-9-8-13(16-14(15-9)10(2)17)11-4-6-12(18-3)7-5-11/h4-8H,1-3H3. The third-order valence-electron chi connectivity index (χ3n) is 2.55. The summed E-state index contributed by atoms with van der Waals surface area (Å²) < 4.78 is 0. The average molecular weight is 258 g/mol. The molecule has 3 nitrogen and oxygen atoms in total. The summed E-state index contributed by atoms with van der Waals surface area (Å²) in [5, 5.41) is 0. The van der Waals surface area contributed by atoms with Crippen LogP contribution in [-0.4, -0.2) is 22.0 Å². The molecule has 2 rings (SSSR count). The number of thioether (sulfide) groups is 1. The second-order valence-electron chi connectivity index (χ2n) is 4.00. The van der Waals surface area contributed by atoms with Crippen molar-refractivity contribution in [1.29, 1.82) is 0 Å². The van der Waals surface area contributed by atoms with Gasteiger partial charge >= 0.3 is 0 Å². The van der Waals surface area contributed by atoms with E-state index >= 15 is 0 Å². The lowest BCUT2D eigenvalue weighted by atomic mass is 10.1. The Kier molecular flexibility index (Phi) is 3.77. The minimum atomic E-state index is -0.110. The first-order valence-corrected chi connectivity index (χ1v) is 6.83. The monoisotopic (exact) mass is 258 g/mol. The minimum absolute atomic E-state index is 0.110. The summed E-state index contributed by atoms with van der Waals surface area (Å²) in [6.45, 7) is 3.35. The predicted octanol–water partition coefficient (Wildman–Crippen LogP) is 3.38. The van der Waals surface area contributed by atoms with Crippen LogP contribution in [0.25, 0.3) is 11.3 Å². The summed E-state index contributed by atoms with van der Waals surface area (Å²) >= 11 is 1.70. The highest BCUT2D eigenvalue weighted by Crippen LogP contribution is 2.22. The van der Waals surface area contributed by atoms with Gasteiger partial charge in [0.15, 0.2) is 11.6 Å². The Morgan fingerprint density at radius 3 is 2.39 bits per heavy atom. The lowest BCUT2D eigenvalue weighted by Gasteiger charge is -2.05. The van der Waals surface area contributed by atoms with E-state index in [9.17, 15) is 4.79 Å². The molecule has 0 aliphatic heterocycles. The molecular weight excluding hydrogens is 244 g/mol. The molecule has 1 aromatic heterocycles. The zero-order chi connectivity index (χ0) is 13.1. The van der Waals surface area contributed by atoms with Crippen molar-refractivity contribution < 1.29 is 4.79 Å². The topological polar surface area (TPSA) is 42.9 Å². The van der Waals surface area contributed by atoms with Crippen molar-refractivity contribution in [1.82, 2.24) is 9.97 Å². The van der Waals surface area contributed by atoms with E-state index in [-0.39, 0.29) is 11.6 Å². The third-order valence-corrected chi connectivity index (χ3v) is 3.30. The summed E-state index contributed by atoms with van der Waals surface area (Å²) in [6.07, 6.45) is 2.04. The van der Waals surface area contributed by atoms with Gasteiger partial charge in [0.2, 0.25) is 0 Å². The number of benzene rings is 1. The second-order valence-corrected chi connectivity index (χ2v) is 4.88. The van der Waals surface area contributed by atoms with Crippen LogP contribution in [0.1, 0.15) is 23.2 Å². The van der Waals surface area contributed by atoms with Crippen LogP contribution < -0.4 is 0 Å². The highest BCUT2D eigenvalue weighted by Gasteiger charge is 2.08. The number of aromatic nitrogens is 2. The fourth-order valence-corrected chi connectivity index (χ4v) is 2.04. The molecule has 0 saturated heterocycles. The highest BCUT2D eigenvalue weighted by molar-refractivity contribution is 7.98. The van der Waals surface area contributed by atoms with Crippen molar-refractivity contribution in [2.75, 3.05) is 6.26 Å². The first-order chi connectivity index (χ1) is 8.60. The Balaban J connectivity index is 2.46. The molecule has 2 aromatic rings. The van der Waals surface area contributed by atoms with Crippen molar-refractivity contribution in [3.63, 3.8) is 0 Å². The number of aryl methyl sites for hydroxylation is 1. The van der Waals surface area contributed by atoms with E-state index in [0.717, 1.165) is 17.0 Å². The van der Waals surface area contributed by atoms with E-state index in [1.54, 1.807) is 11.8 Å². The molecule has 0 amide bonds. The average Bonchev–Trinajstić information content (AvgIpc) is 2.38. The number of Topliss-reactive ketones (excluding diaryl/α,β-unsaturated/α-hetero) is 1. The second kappa shape index (κ2) is 5.31. The summed E-state index contributed by atoms with van der Waals surface area (Å²) in [6, 6.07) is 10.0. The lowest BCUT2D eigenvalue weighted by Crippen LogP contribution is -2.03. The van der Waals surface area contributed by atoms with E-state index < -0.39 is 0 Å². The third kappa shape index (κ3) is 2.76. The van der Waals surface area contributed by atoms with Gasteiger partial charge in [-0.05, 0) is 31.4 Å². The van der Waals surface area contributed by atoms with Crippen LogP contribution in [0.5, 0.6) is 0 Å². The zero-order valence-corrected chi connectivity index (χ0v) is 11.4. The van der Waals surface area contributed by atoms with E-state index in [4.69, 9.17) is 0 Å². The maximum Gasteiger partial charge on any atom is 0.196 e. The number of carbonyl (C=O) groups excluding carboxylic acids is 1. The number of ketones is 1. The van der Waals surface area contributed by atoms with E-state index in [2.05, 4.69) is 9.97 Å². The van der Waals surface area contributed by atoms with Crippen molar-refractivity contribution in [3.8, 4) is 11.3 Å². The summed E-state index contributed by atoms with van der Waals surface area (Å²) in [5.41, 5.74) is 2.60. The van der Waals surface area contributed by atoms with Crippen LogP contribution in [0.2, 0.25) is 0 Å². The summed E-state index contributed by atoms with van der Waals surface area (Å²) in [4.78, 5) is 21.0. The molecule has 4 heteroatoms. The largest absolute Gasteiger partial charge is 0.291 e. The lowest BCUT2D eigenvalue weighted by molar-refractivity contribution is 0.100. The maximum absolute atomic E-state index is 11.4. The Morgan fingerprint density at radius 2 is 1.83 bits per heavy atom. The fourth-order valence-electron chi connectivity index (χ4n) is 1.64. The van der Waals surface area contributed by atoms with Gasteiger partial charge in [-0.3, -0.25) is 4.79 Å². The smallest absolute Gasteiger partial charge is 0.196 e. The number of rotatable bonds is 3. The molecule has 0 aliphatic carbocycles. The number of hydrogen-bond acceptors (Lipinski definition) is 4. The molecule has 1 heterocycles. The van der Waals surface area contributed by atoms with Gasteiger partial charge in [0.1, 0.15) is 0 Å². The quantitative estimate of drug-likeness (QED) is 0.625. The van der Waals surface area contributed by atoms with Gasteiger partial charge in [-0.25, -0.2) is 9.97 Å². The van der Waals surface area contributed by atoms with Gasteiger partial charge in [0.05, 0.1) is 5.69 Å². The number of carbonyl (C=O) groups is 1. The van der Waals surface area contributed by atoms with Crippen molar-refractivity contribution >= 4 is 17.5 Å². The van der Waals surface area contributed by atoms with Crippen molar-refractivity contribution in [2.45, 2.75) is 18.7 Å². The summed E-state index contributed by atoms with van der Waals surface area (Å²) in [5.74, 6) is 0.166. The molecule has 0 saturated carbocycles. The van der Waals surface area contributed by atoms with Gasteiger partial charge in [0.25, 0.3) is 0 Å². The zero-order valence-electron chi connectivity index (χ0n) is 10.6. The Hall–Kier alpha value is -1.68. The van der Waals surface area contributed by atoms with Gasteiger partial charge in [-0.15, -0.1) is 11.8 Å². The van der Waals surface area contributed by atoms with Crippen LogP contribution in [0.15, 0.2) is 35.2 Å². The summed E-state index contributed by atoms with van der Waals surface area (Å²) in [7, 11) is 0. The van der Waals surface area contributed by atoms with Gasteiger partial charge in [-0.1, -0.05) is 12.1 Å². The molecule has 92 valence electrons. The molecule has 0 radical (unpaired) electrons. The van der Waals surface area contributed by atoms with E-state index in [1.165, 1.54) is 11.8 Å². The first-order valence-electron chi connectivity index (χ1n) is 5.61. The molecule has 0 atom stereocenters. The predicted molar refractivity (Wildman–Crippen MR) is 74.0 cm³/mol.